The number of carbonyl (C=O) groups excluding carboxylic acids is 2. The molecule has 3 aliphatic rings. The monoisotopic (exact) mass is 333 g/mol. The van der Waals surface area contributed by atoms with E-state index in [0.29, 0.717) is 5.92 Å². The van der Waals surface area contributed by atoms with Gasteiger partial charge >= 0.3 is 5.97 Å². The van der Waals surface area contributed by atoms with Gasteiger partial charge in [0.25, 0.3) is 0 Å². The van der Waals surface area contributed by atoms with E-state index in [4.69, 9.17) is 4.74 Å². The molecule has 3 fully saturated rings. The Bertz CT molecular complexity index is 561. The van der Waals surface area contributed by atoms with Gasteiger partial charge in [0, 0.05) is 6.04 Å². The number of amides is 1. The Morgan fingerprint density at radius 1 is 1.17 bits per heavy atom. The van der Waals surface area contributed by atoms with E-state index in [-0.39, 0.29) is 41.2 Å². The number of fused-ring (bicyclic) bond motifs is 1. The molecule has 134 valence electrons. The molecule has 3 rings (SSSR count). The van der Waals surface area contributed by atoms with Gasteiger partial charge in [-0.15, -0.1) is 0 Å². The van der Waals surface area contributed by atoms with Crippen molar-refractivity contribution in [2.45, 2.75) is 71.9 Å². The van der Waals surface area contributed by atoms with Crippen molar-refractivity contribution >= 4 is 11.9 Å². The Kier molecular flexibility index (Phi) is 4.52. The molecule has 0 spiro atoms. The number of allylic oxidation sites excluding steroid dienone is 2. The summed E-state index contributed by atoms with van der Waals surface area (Å²) in [5, 5.41) is 0. The van der Waals surface area contributed by atoms with Crippen LogP contribution in [-0.4, -0.2) is 36.0 Å². The van der Waals surface area contributed by atoms with Crippen molar-refractivity contribution in [3.8, 4) is 0 Å². The van der Waals surface area contributed by atoms with Crippen molar-refractivity contribution in [3.05, 3.63) is 11.6 Å². The zero-order chi connectivity index (χ0) is 17.6. The molecular formula is C20H31NO3. The molecule has 4 nitrogen and oxygen atoms in total. The van der Waals surface area contributed by atoms with Crippen molar-refractivity contribution in [3.63, 3.8) is 0 Å². The minimum absolute atomic E-state index is 0.000215. The average molecular weight is 333 g/mol. The fourth-order valence-corrected chi connectivity index (χ4v) is 5.10. The van der Waals surface area contributed by atoms with Crippen molar-refractivity contribution < 1.29 is 14.3 Å². The zero-order valence-electron chi connectivity index (χ0n) is 15.7. The molecule has 2 saturated carbocycles. The van der Waals surface area contributed by atoms with E-state index in [1.54, 1.807) is 0 Å². The van der Waals surface area contributed by atoms with E-state index >= 15 is 0 Å². The van der Waals surface area contributed by atoms with Crippen LogP contribution in [0.15, 0.2) is 11.6 Å². The lowest BCUT2D eigenvalue weighted by Gasteiger charge is -2.33. The normalized spacial score (nSPS) is 36.7. The highest BCUT2D eigenvalue weighted by atomic mass is 16.5. The van der Waals surface area contributed by atoms with Crippen molar-refractivity contribution in [2.75, 3.05) is 7.11 Å². The lowest BCUT2D eigenvalue weighted by Crippen LogP contribution is -2.47. The van der Waals surface area contributed by atoms with Crippen LogP contribution in [-0.2, 0) is 14.3 Å². The summed E-state index contributed by atoms with van der Waals surface area (Å²) in [7, 11) is 1.43. The third-order valence-electron chi connectivity index (χ3n) is 6.51. The molecule has 2 aliphatic carbocycles. The third kappa shape index (κ3) is 2.78. The first-order chi connectivity index (χ1) is 11.3. The Hall–Kier alpha value is -1.32. The second kappa shape index (κ2) is 6.20. The SMILES string of the molecule is COC(=O)[C@@H]1C[C@@H]2CCCC[C@@H]2N1C(=O)[C@@H]1[C@@H](C=C(C)C)C1(C)C. The van der Waals surface area contributed by atoms with Crippen LogP contribution in [0, 0.1) is 23.2 Å². The van der Waals surface area contributed by atoms with Crippen LogP contribution in [0.2, 0.25) is 0 Å². The molecule has 4 heteroatoms. The molecule has 1 amide bonds. The maximum Gasteiger partial charge on any atom is 0.328 e. The lowest BCUT2D eigenvalue weighted by molar-refractivity contribution is -0.153. The Balaban J connectivity index is 1.86. The molecule has 0 radical (unpaired) electrons. The quantitative estimate of drug-likeness (QED) is 0.586. The Morgan fingerprint density at radius 3 is 2.46 bits per heavy atom. The minimum Gasteiger partial charge on any atom is -0.467 e. The molecule has 24 heavy (non-hydrogen) atoms. The summed E-state index contributed by atoms with van der Waals surface area (Å²) in [6.07, 6.45) is 7.54. The summed E-state index contributed by atoms with van der Waals surface area (Å²) in [5.74, 6) is 0.689. The summed E-state index contributed by atoms with van der Waals surface area (Å²) < 4.78 is 5.02. The maximum atomic E-state index is 13.4. The number of methoxy groups -OCH3 is 1. The first kappa shape index (κ1) is 17.5. The molecule has 0 N–H and O–H groups in total. The summed E-state index contributed by atoms with van der Waals surface area (Å²) in [5.41, 5.74) is 1.24. The molecule has 0 bridgehead atoms. The van der Waals surface area contributed by atoms with Crippen molar-refractivity contribution in [1.29, 1.82) is 0 Å². The van der Waals surface area contributed by atoms with Gasteiger partial charge in [0.1, 0.15) is 6.04 Å². The topological polar surface area (TPSA) is 46.6 Å². The molecule has 0 aromatic heterocycles. The average Bonchev–Trinajstić information content (AvgIpc) is 2.91. The van der Waals surface area contributed by atoms with Crippen LogP contribution in [0.25, 0.3) is 0 Å². The van der Waals surface area contributed by atoms with E-state index in [1.165, 1.54) is 19.1 Å². The van der Waals surface area contributed by atoms with Gasteiger partial charge in [0.05, 0.1) is 13.0 Å². The van der Waals surface area contributed by atoms with Gasteiger partial charge in [-0.25, -0.2) is 4.79 Å². The molecule has 1 saturated heterocycles. The molecule has 0 aromatic carbocycles. The second-order valence-corrected chi connectivity index (χ2v) is 8.70. The fourth-order valence-electron chi connectivity index (χ4n) is 5.10. The summed E-state index contributed by atoms with van der Waals surface area (Å²) in [6.45, 7) is 8.50. The fraction of sp³-hybridized carbons (Fsp3) is 0.800. The Labute approximate surface area is 145 Å². The predicted octanol–water partition coefficient (Wildman–Crippen LogP) is 3.56. The lowest BCUT2D eigenvalue weighted by atomic mass is 9.84. The first-order valence-corrected chi connectivity index (χ1v) is 9.34. The van der Waals surface area contributed by atoms with Gasteiger partial charge in [-0.05, 0) is 50.4 Å². The van der Waals surface area contributed by atoms with Gasteiger partial charge in [0.15, 0.2) is 0 Å². The smallest absolute Gasteiger partial charge is 0.328 e. The predicted molar refractivity (Wildman–Crippen MR) is 93.2 cm³/mol. The number of ether oxygens (including phenoxy) is 1. The van der Waals surface area contributed by atoms with Crippen LogP contribution < -0.4 is 0 Å². The zero-order valence-corrected chi connectivity index (χ0v) is 15.7. The third-order valence-corrected chi connectivity index (χ3v) is 6.51. The van der Waals surface area contributed by atoms with Crippen LogP contribution in [0.5, 0.6) is 0 Å². The van der Waals surface area contributed by atoms with Gasteiger partial charge < -0.3 is 9.64 Å². The summed E-state index contributed by atoms with van der Waals surface area (Å²) in [4.78, 5) is 27.6. The molecule has 0 aromatic rings. The summed E-state index contributed by atoms with van der Waals surface area (Å²) >= 11 is 0. The van der Waals surface area contributed by atoms with Crippen LogP contribution in [0.4, 0.5) is 0 Å². The Morgan fingerprint density at radius 2 is 1.83 bits per heavy atom. The number of esters is 1. The van der Waals surface area contributed by atoms with Crippen molar-refractivity contribution in [2.24, 2.45) is 23.2 Å². The number of carbonyl (C=O) groups is 2. The number of hydrogen-bond donors (Lipinski definition) is 0. The number of hydrogen-bond acceptors (Lipinski definition) is 3. The molecular weight excluding hydrogens is 302 g/mol. The highest BCUT2D eigenvalue weighted by molar-refractivity contribution is 5.89. The van der Waals surface area contributed by atoms with E-state index < -0.39 is 0 Å². The minimum atomic E-state index is -0.376. The standard InChI is InChI=1S/C20H31NO3/c1-12(2)10-14-17(20(14,3)4)18(22)21-15-9-7-6-8-13(15)11-16(21)19(23)24-5/h10,13-17H,6-9,11H2,1-5H3/t13-,14+,15-,16-,17-/m0/s1. The molecule has 1 heterocycles. The highest BCUT2D eigenvalue weighted by Crippen LogP contribution is 2.61. The van der Waals surface area contributed by atoms with Gasteiger partial charge in [-0.3, -0.25) is 4.79 Å². The van der Waals surface area contributed by atoms with Gasteiger partial charge in [-0.2, -0.15) is 0 Å². The number of rotatable bonds is 3. The summed E-state index contributed by atoms with van der Waals surface area (Å²) in [6, 6.07) is -0.140. The van der Waals surface area contributed by atoms with Gasteiger partial charge in [0.2, 0.25) is 5.91 Å². The maximum absolute atomic E-state index is 13.4. The number of nitrogens with zero attached hydrogens (tertiary/aromatic N) is 1. The molecule has 0 unspecified atom stereocenters. The molecule has 5 atom stereocenters. The highest BCUT2D eigenvalue weighted by Gasteiger charge is 2.63. The van der Waals surface area contributed by atoms with Crippen LogP contribution in [0.3, 0.4) is 0 Å². The largest absolute Gasteiger partial charge is 0.467 e. The molecule has 1 aliphatic heterocycles. The van der Waals surface area contributed by atoms with Crippen LogP contribution >= 0.6 is 0 Å². The van der Waals surface area contributed by atoms with E-state index in [0.717, 1.165) is 25.7 Å². The van der Waals surface area contributed by atoms with E-state index in [9.17, 15) is 9.59 Å². The second-order valence-electron chi connectivity index (χ2n) is 8.70. The van der Waals surface area contributed by atoms with Crippen molar-refractivity contribution in [1.82, 2.24) is 4.90 Å². The van der Waals surface area contributed by atoms with E-state index in [1.807, 2.05) is 4.90 Å². The van der Waals surface area contributed by atoms with Gasteiger partial charge in [-0.1, -0.05) is 38.3 Å². The first-order valence-electron chi connectivity index (χ1n) is 9.34. The number of likely N-dealkylation sites (tertiary alicyclic amines) is 1. The van der Waals surface area contributed by atoms with E-state index in [2.05, 4.69) is 33.8 Å². The van der Waals surface area contributed by atoms with Crippen LogP contribution in [0.1, 0.15) is 59.8 Å².